The number of H-pyrrole nitrogens is 1. The molecule has 1 aromatic rings. The van der Waals surface area contributed by atoms with E-state index in [0.717, 1.165) is 6.54 Å². The molecule has 15 heavy (non-hydrogen) atoms. The molecule has 0 fully saturated rings. The second-order valence-corrected chi connectivity index (χ2v) is 3.73. The summed E-state index contributed by atoms with van der Waals surface area (Å²) in [5.41, 5.74) is 0.992. The highest BCUT2D eigenvalue weighted by molar-refractivity contribution is 5.46. The van der Waals surface area contributed by atoms with Gasteiger partial charge in [-0.1, -0.05) is 0 Å². The Bertz CT molecular complexity index is 499. The van der Waals surface area contributed by atoms with Crippen molar-refractivity contribution in [2.24, 2.45) is 0 Å². The van der Waals surface area contributed by atoms with Crippen molar-refractivity contribution in [1.29, 1.82) is 5.26 Å². The monoisotopic (exact) mass is 205 g/mol. The molecule has 0 atom stereocenters. The Morgan fingerprint density at radius 2 is 2.27 bits per heavy atom. The standard InChI is InChI=1S/C10H11N3O2/c1-13-3-2-6-7(4-11)9(14)12-10(15)8(6)5-13/h2-3,5H2,1H3,(H2,12,14,15). The average Bonchev–Trinajstić information content (AvgIpc) is 2.19. The van der Waals surface area contributed by atoms with E-state index < -0.39 is 5.56 Å². The Hall–Kier alpha value is -1.80. The van der Waals surface area contributed by atoms with Crippen molar-refractivity contribution >= 4 is 0 Å². The number of hydrogen-bond acceptors (Lipinski definition) is 4. The van der Waals surface area contributed by atoms with Gasteiger partial charge in [-0.25, -0.2) is 0 Å². The first-order valence-corrected chi connectivity index (χ1v) is 4.69. The summed E-state index contributed by atoms with van der Waals surface area (Å²) in [7, 11) is 1.93. The Morgan fingerprint density at radius 1 is 1.53 bits per heavy atom. The molecule has 0 aliphatic carbocycles. The van der Waals surface area contributed by atoms with Crippen LogP contribution >= 0.6 is 0 Å². The van der Waals surface area contributed by atoms with Crippen LogP contribution in [0.15, 0.2) is 4.79 Å². The lowest BCUT2D eigenvalue weighted by Crippen LogP contribution is -2.30. The van der Waals surface area contributed by atoms with Gasteiger partial charge in [0.05, 0.1) is 0 Å². The molecule has 5 heteroatoms. The smallest absolute Gasteiger partial charge is 0.268 e. The largest absolute Gasteiger partial charge is 0.494 e. The minimum absolute atomic E-state index is 0.111. The van der Waals surface area contributed by atoms with Crippen molar-refractivity contribution in [2.75, 3.05) is 13.6 Å². The summed E-state index contributed by atoms with van der Waals surface area (Å²) in [6.07, 6.45) is 0.631. The number of likely N-dealkylation sites (N-methyl/N-ethyl adjacent to an activating group) is 1. The fourth-order valence-corrected chi connectivity index (χ4v) is 1.89. The number of nitriles is 1. The summed E-state index contributed by atoms with van der Waals surface area (Å²) in [5.74, 6) is -0.111. The summed E-state index contributed by atoms with van der Waals surface area (Å²) in [6, 6.07) is 1.89. The third-order valence-corrected chi connectivity index (χ3v) is 2.69. The molecular weight excluding hydrogens is 194 g/mol. The summed E-state index contributed by atoms with van der Waals surface area (Å²) in [6.45, 7) is 1.36. The van der Waals surface area contributed by atoms with Crippen LogP contribution in [-0.4, -0.2) is 28.6 Å². The molecule has 2 N–H and O–H groups in total. The zero-order valence-electron chi connectivity index (χ0n) is 8.37. The van der Waals surface area contributed by atoms with Gasteiger partial charge in [0.25, 0.3) is 5.56 Å². The fourth-order valence-electron chi connectivity index (χ4n) is 1.89. The van der Waals surface area contributed by atoms with Crippen LogP contribution < -0.4 is 5.56 Å². The number of rotatable bonds is 0. The van der Waals surface area contributed by atoms with Gasteiger partial charge >= 0.3 is 0 Å². The highest BCUT2D eigenvalue weighted by atomic mass is 16.3. The minimum Gasteiger partial charge on any atom is -0.494 e. The van der Waals surface area contributed by atoms with Crippen molar-refractivity contribution in [2.45, 2.75) is 13.0 Å². The Kier molecular flexibility index (Phi) is 2.21. The molecule has 0 bridgehead atoms. The van der Waals surface area contributed by atoms with E-state index in [1.54, 1.807) is 0 Å². The summed E-state index contributed by atoms with van der Waals surface area (Å²) in [5, 5.41) is 18.4. The van der Waals surface area contributed by atoms with Crippen LogP contribution in [0.25, 0.3) is 0 Å². The number of aromatic amines is 1. The second kappa shape index (κ2) is 3.41. The Labute approximate surface area is 86.6 Å². The molecule has 0 radical (unpaired) electrons. The topological polar surface area (TPSA) is 80.1 Å². The van der Waals surface area contributed by atoms with Crippen LogP contribution in [0.5, 0.6) is 5.88 Å². The van der Waals surface area contributed by atoms with Crippen LogP contribution in [0.2, 0.25) is 0 Å². The fraction of sp³-hybridized carbons (Fsp3) is 0.400. The van der Waals surface area contributed by atoms with Gasteiger partial charge in [0.15, 0.2) is 5.88 Å². The highest BCUT2D eigenvalue weighted by Gasteiger charge is 2.22. The zero-order chi connectivity index (χ0) is 11.0. The van der Waals surface area contributed by atoms with Crippen molar-refractivity contribution in [1.82, 2.24) is 9.88 Å². The van der Waals surface area contributed by atoms with E-state index in [-0.39, 0.29) is 11.4 Å². The lowest BCUT2D eigenvalue weighted by Gasteiger charge is -2.25. The van der Waals surface area contributed by atoms with Gasteiger partial charge in [-0.3, -0.25) is 9.78 Å². The van der Waals surface area contributed by atoms with Crippen LogP contribution in [0.3, 0.4) is 0 Å². The van der Waals surface area contributed by atoms with Crippen molar-refractivity contribution < 1.29 is 5.11 Å². The molecule has 0 saturated carbocycles. The third-order valence-electron chi connectivity index (χ3n) is 2.69. The number of fused-ring (bicyclic) bond motifs is 1. The van der Waals surface area contributed by atoms with E-state index in [4.69, 9.17) is 5.26 Å². The van der Waals surface area contributed by atoms with Gasteiger partial charge in [0, 0.05) is 18.7 Å². The summed E-state index contributed by atoms with van der Waals surface area (Å²) in [4.78, 5) is 15.7. The highest BCUT2D eigenvalue weighted by Crippen LogP contribution is 2.25. The average molecular weight is 205 g/mol. The molecule has 0 spiro atoms. The SMILES string of the molecule is CN1CCc2c(c(O)[nH]c(=O)c2C#N)C1. The predicted molar refractivity (Wildman–Crippen MR) is 53.5 cm³/mol. The van der Waals surface area contributed by atoms with Crippen molar-refractivity contribution in [3.63, 3.8) is 0 Å². The van der Waals surface area contributed by atoms with E-state index in [1.165, 1.54) is 0 Å². The number of aromatic hydroxyl groups is 1. The van der Waals surface area contributed by atoms with Gasteiger partial charge in [-0.15, -0.1) is 0 Å². The van der Waals surface area contributed by atoms with Crippen LogP contribution in [0.1, 0.15) is 16.7 Å². The number of aromatic nitrogens is 1. The molecule has 0 saturated heterocycles. The van der Waals surface area contributed by atoms with Crippen molar-refractivity contribution in [3.05, 3.63) is 27.0 Å². The molecule has 1 aromatic heterocycles. The summed E-state index contributed by atoms with van der Waals surface area (Å²) >= 11 is 0. The molecule has 0 aromatic carbocycles. The maximum Gasteiger partial charge on any atom is 0.268 e. The first-order chi connectivity index (χ1) is 7.13. The van der Waals surface area contributed by atoms with Crippen LogP contribution in [0.4, 0.5) is 0 Å². The van der Waals surface area contributed by atoms with Gasteiger partial charge in [-0.05, 0) is 19.0 Å². The number of hydrogen-bond donors (Lipinski definition) is 2. The lowest BCUT2D eigenvalue weighted by atomic mass is 9.97. The minimum atomic E-state index is -0.502. The first-order valence-electron chi connectivity index (χ1n) is 4.69. The van der Waals surface area contributed by atoms with E-state index in [1.807, 2.05) is 18.0 Å². The number of nitrogens with one attached hydrogen (secondary N) is 1. The Morgan fingerprint density at radius 3 is 2.93 bits per heavy atom. The quantitative estimate of drug-likeness (QED) is 0.621. The molecule has 5 nitrogen and oxygen atoms in total. The van der Waals surface area contributed by atoms with Gasteiger partial charge in [0.2, 0.25) is 0 Å². The number of pyridine rings is 1. The molecular formula is C10H11N3O2. The maximum atomic E-state index is 11.4. The van der Waals surface area contributed by atoms with Crippen LogP contribution in [-0.2, 0) is 13.0 Å². The molecule has 0 unspecified atom stereocenters. The normalized spacial score (nSPS) is 15.7. The Balaban J connectivity index is 2.69. The van der Waals surface area contributed by atoms with Crippen LogP contribution in [0, 0.1) is 11.3 Å². The zero-order valence-corrected chi connectivity index (χ0v) is 8.37. The second-order valence-electron chi connectivity index (χ2n) is 3.73. The molecule has 2 heterocycles. The van der Waals surface area contributed by atoms with Gasteiger partial charge in [-0.2, -0.15) is 5.26 Å². The van der Waals surface area contributed by atoms with Crippen molar-refractivity contribution in [3.8, 4) is 11.9 Å². The van der Waals surface area contributed by atoms with Gasteiger partial charge in [0.1, 0.15) is 11.6 Å². The summed E-state index contributed by atoms with van der Waals surface area (Å²) < 4.78 is 0. The lowest BCUT2D eigenvalue weighted by molar-refractivity contribution is 0.301. The number of nitrogens with zero attached hydrogens (tertiary/aromatic N) is 2. The molecule has 0 amide bonds. The molecule has 2 rings (SSSR count). The third kappa shape index (κ3) is 1.49. The predicted octanol–water partition coefficient (Wildman–Crippen LogP) is -0.0599. The maximum absolute atomic E-state index is 11.4. The molecule has 78 valence electrons. The van der Waals surface area contributed by atoms with E-state index in [0.29, 0.717) is 24.1 Å². The van der Waals surface area contributed by atoms with E-state index >= 15 is 0 Å². The first kappa shape index (κ1) is 9.74. The molecule has 1 aliphatic rings. The van der Waals surface area contributed by atoms with E-state index in [2.05, 4.69) is 4.98 Å². The molecule has 1 aliphatic heterocycles. The van der Waals surface area contributed by atoms with Gasteiger partial charge < -0.3 is 10.0 Å². The van der Waals surface area contributed by atoms with E-state index in [9.17, 15) is 9.90 Å².